The summed E-state index contributed by atoms with van der Waals surface area (Å²) in [5, 5.41) is 0.605. The van der Waals surface area contributed by atoms with Gasteiger partial charge in [-0.1, -0.05) is 24.9 Å². The number of ketones is 1. The summed E-state index contributed by atoms with van der Waals surface area (Å²) in [5.41, 5.74) is 0.911. The van der Waals surface area contributed by atoms with Crippen LogP contribution in [0.5, 0.6) is 0 Å². The molecule has 0 spiro atoms. The molecule has 0 saturated heterocycles. The normalized spacial score (nSPS) is 23.9. The van der Waals surface area contributed by atoms with Crippen LogP contribution in [0.4, 0.5) is 0 Å². The van der Waals surface area contributed by atoms with Gasteiger partial charge in [-0.2, -0.15) is 0 Å². The van der Waals surface area contributed by atoms with Crippen LogP contribution in [0.25, 0.3) is 0 Å². The smallest absolute Gasteiger partial charge is 0.140 e. The molecular formula is C15H20ClNO. The van der Waals surface area contributed by atoms with Crippen LogP contribution < -0.4 is 0 Å². The largest absolute Gasteiger partial charge is 0.299 e. The molecule has 0 radical (unpaired) electrons. The van der Waals surface area contributed by atoms with Crippen LogP contribution in [0.1, 0.15) is 44.6 Å². The minimum absolute atomic E-state index is 0.247. The quantitative estimate of drug-likeness (QED) is 0.822. The number of pyridine rings is 1. The molecule has 1 saturated carbocycles. The fourth-order valence-corrected chi connectivity index (χ4v) is 2.96. The molecule has 0 N–H and O–H groups in total. The standard InChI is InChI=1S/C15H20ClNO/c1-2-11-3-5-12(6-4-11)15(18)9-13-7-8-17-10-14(13)16/h7-8,10-12H,2-6,9H2,1H3. The first-order valence-electron chi connectivity index (χ1n) is 6.81. The molecule has 1 heterocycles. The molecule has 0 aromatic carbocycles. The zero-order chi connectivity index (χ0) is 13.0. The highest BCUT2D eigenvalue weighted by Crippen LogP contribution is 2.32. The van der Waals surface area contributed by atoms with Crippen molar-refractivity contribution in [2.24, 2.45) is 11.8 Å². The summed E-state index contributed by atoms with van der Waals surface area (Å²) in [4.78, 5) is 16.2. The zero-order valence-electron chi connectivity index (χ0n) is 10.9. The second kappa shape index (κ2) is 6.33. The van der Waals surface area contributed by atoms with E-state index in [9.17, 15) is 4.79 Å². The van der Waals surface area contributed by atoms with Gasteiger partial charge in [0.25, 0.3) is 0 Å². The Balaban J connectivity index is 1.91. The van der Waals surface area contributed by atoms with Gasteiger partial charge in [-0.3, -0.25) is 9.78 Å². The van der Waals surface area contributed by atoms with E-state index in [-0.39, 0.29) is 5.92 Å². The van der Waals surface area contributed by atoms with Gasteiger partial charge < -0.3 is 0 Å². The first-order valence-corrected chi connectivity index (χ1v) is 7.19. The molecule has 0 unspecified atom stereocenters. The van der Waals surface area contributed by atoms with E-state index in [4.69, 9.17) is 11.6 Å². The van der Waals surface area contributed by atoms with E-state index in [1.54, 1.807) is 12.4 Å². The third kappa shape index (κ3) is 3.32. The lowest BCUT2D eigenvalue weighted by Gasteiger charge is -2.26. The van der Waals surface area contributed by atoms with Crippen LogP contribution in [-0.2, 0) is 11.2 Å². The predicted molar refractivity (Wildman–Crippen MR) is 73.7 cm³/mol. The molecule has 0 amide bonds. The summed E-state index contributed by atoms with van der Waals surface area (Å²) in [6.45, 7) is 2.24. The highest BCUT2D eigenvalue weighted by atomic mass is 35.5. The molecule has 1 aromatic heterocycles. The molecule has 3 heteroatoms. The Morgan fingerprint density at radius 1 is 1.39 bits per heavy atom. The number of halogens is 1. The van der Waals surface area contributed by atoms with Crippen LogP contribution in [0.2, 0.25) is 5.02 Å². The average molecular weight is 266 g/mol. The van der Waals surface area contributed by atoms with Crippen molar-refractivity contribution in [3.8, 4) is 0 Å². The summed E-state index contributed by atoms with van der Waals surface area (Å²) in [7, 11) is 0. The van der Waals surface area contributed by atoms with Crippen molar-refractivity contribution in [3.05, 3.63) is 29.0 Å². The van der Waals surface area contributed by atoms with Gasteiger partial charge in [-0.05, 0) is 43.2 Å². The van der Waals surface area contributed by atoms with Gasteiger partial charge >= 0.3 is 0 Å². The SMILES string of the molecule is CCC1CCC(C(=O)Cc2ccncc2Cl)CC1. The fourth-order valence-electron chi connectivity index (χ4n) is 2.77. The van der Waals surface area contributed by atoms with Crippen LogP contribution in [0.15, 0.2) is 18.5 Å². The van der Waals surface area contributed by atoms with Gasteiger partial charge in [0.1, 0.15) is 5.78 Å². The van der Waals surface area contributed by atoms with Gasteiger partial charge in [0.05, 0.1) is 5.02 Å². The zero-order valence-corrected chi connectivity index (χ0v) is 11.6. The number of hydrogen-bond acceptors (Lipinski definition) is 2. The molecule has 98 valence electrons. The first kappa shape index (κ1) is 13.5. The molecule has 0 aliphatic heterocycles. The summed E-state index contributed by atoms with van der Waals surface area (Å²) < 4.78 is 0. The summed E-state index contributed by atoms with van der Waals surface area (Å²) in [6, 6.07) is 1.85. The number of Topliss-reactive ketones (excluding diaryl/α,β-unsaturated/α-hetero) is 1. The van der Waals surface area contributed by atoms with Crippen molar-refractivity contribution in [1.29, 1.82) is 0 Å². The van der Waals surface area contributed by atoms with Crippen molar-refractivity contribution < 1.29 is 4.79 Å². The Labute approximate surface area is 114 Å². The maximum Gasteiger partial charge on any atom is 0.140 e. The predicted octanol–water partition coefficient (Wildman–Crippen LogP) is 4.06. The maximum atomic E-state index is 12.2. The third-order valence-electron chi connectivity index (χ3n) is 4.10. The van der Waals surface area contributed by atoms with E-state index in [0.717, 1.165) is 24.3 Å². The molecule has 1 aromatic rings. The van der Waals surface area contributed by atoms with Crippen molar-refractivity contribution in [2.75, 3.05) is 0 Å². The van der Waals surface area contributed by atoms with E-state index >= 15 is 0 Å². The van der Waals surface area contributed by atoms with E-state index in [0.29, 0.717) is 17.2 Å². The van der Waals surface area contributed by atoms with Crippen LogP contribution >= 0.6 is 11.6 Å². The number of aromatic nitrogens is 1. The lowest BCUT2D eigenvalue weighted by Crippen LogP contribution is -2.23. The van der Waals surface area contributed by atoms with Crippen LogP contribution in [0.3, 0.4) is 0 Å². The monoisotopic (exact) mass is 265 g/mol. The second-order valence-corrected chi connectivity index (χ2v) is 5.64. The van der Waals surface area contributed by atoms with Crippen molar-refractivity contribution >= 4 is 17.4 Å². The van der Waals surface area contributed by atoms with E-state index < -0.39 is 0 Å². The summed E-state index contributed by atoms with van der Waals surface area (Å²) in [6.07, 6.45) is 9.54. The third-order valence-corrected chi connectivity index (χ3v) is 4.44. The number of hydrogen-bond donors (Lipinski definition) is 0. The first-order chi connectivity index (χ1) is 8.70. The Bertz CT molecular complexity index is 411. The van der Waals surface area contributed by atoms with Gasteiger partial charge in [0.2, 0.25) is 0 Å². The number of rotatable bonds is 4. The Morgan fingerprint density at radius 2 is 2.11 bits per heavy atom. The van der Waals surface area contributed by atoms with E-state index in [1.165, 1.54) is 19.3 Å². The minimum Gasteiger partial charge on any atom is -0.299 e. The molecule has 1 aliphatic carbocycles. The molecule has 1 fully saturated rings. The molecule has 0 atom stereocenters. The highest BCUT2D eigenvalue weighted by molar-refractivity contribution is 6.31. The molecule has 1 aliphatic rings. The average Bonchev–Trinajstić information content (AvgIpc) is 2.41. The fraction of sp³-hybridized carbons (Fsp3) is 0.600. The van der Waals surface area contributed by atoms with Gasteiger partial charge in [-0.15, -0.1) is 0 Å². The maximum absolute atomic E-state index is 12.2. The van der Waals surface area contributed by atoms with Crippen LogP contribution in [0, 0.1) is 11.8 Å². The van der Waals surface area contributed by atoms with E-state index in [1.807, 2.05) is 6.07 Å². The molecule has 18 heavy (non-hydrogen) atoms. The molecule has 2 nitrogen and oxygen atoms in total. The van der Waals surface area contributed by atoms with Gasteiger partial charge in [0, 0.05) is 24.7 Å². The summed E-state index contributed by atoms with van der Waals surface area (Å²) >= 11 is 6.04. The van der Waals surface area contributed by atoms with E-state index in [2.05, 4.69) is 11.9 Å². The highest BCUT2D eigenvalue weighted by Gasteiger charge is 2.25. The van der Waals surface area contributed by atoms with Gasteiger partial charge in [0.15, 0.2) is 0 Å². The Morgan fingerprint density at radius 3 is 2.72 bits per heavy atom. The topological polar surface area (TPSA) is 30.0 Å². The Hall–Kier alpha value is -0.890. The second-order valence-electron chi connectivity index (χ2n) is 5.24. The van der Waals surface area contributed by atoms with Gasteiger partial charge in [-0.25, -0.2) is 0 Å². The Kier molecular flexibility index (Phi) is 4.76. The number of carbonyl (C=O) groups excluding carboxylic acids is 1. The van der Waals surface area contributed by atoms with Crippen molar-refractivity contribution in [1.82, 2.24) is 4.98 Å². The molecular weight excluding hydrogens is 246 g/mol. The summed E-state index contributed by atoms with van der Waals surface area (Å²) in [5.74, 6) is 1.42. The lowest BCUT2D eigenvalue weighted by molar-refractivity contribution is -0.123. The molecule has 2 rings (SSSR count). The lowest BCUT2D eigenvalue weighted by atomic mass is 9.78. The molecule has 0 bridgehead atoms. The number of carbonyl (C=O) groups is 1. The van der Waals surface area contributed by atoms with Crippen molar-refractivity contribution in [3.63, 3.8) is 0 Å². The minimum atomic E-state index is 0.247. The van der Waals surface area contributed by atoms with Crippen LogP contribution in [-0.4, -0.2) is 10.8 Å². The number of nitrogens with zero attached hydrogens (tertiary/aromatic N) is 1. The van der Waals surface area contributed by atoms with Crippen molar-refractivity contribution in [2.45, 2.75) is 45.4 Å².